The van der Waals surface area contributed by atoms with Gasteiger partial charge in [-0.2, -0.15) is 0 Å². The Labute approximate surface area is 209 Å². The standard InChI is InChI=1S/C28H53NO5/c1-3-5-7-9-11-13-15-17-19-21-23-34-28(33)25(24-27(31)32)29-26(30)22-20-18-16-14-12-10-8-6-4-2/h25H,3-24H2,1-2H3,(H,29,30)(H,31,32)/t25-/m0/s1. The van der Waals surface area contributed by atoms with Crippen molar-refractivity contribution >= 4 is 17.8 Å². The fraction of sp³-hybridized carbons (Fsp3) is 0.893. The molecule has 0 aromatic rings. The Morgan fingerprint density at radius 2 is 1.06 bits per heavy atom. The van der Waals surface area contributed by atoms with E-state index in [-0.39, 0.29) is 12.5 Å². The molecule has 0 fully saturated rings. The van der Waals surface area contributed by atoms with Crippen molar-refractivity contribution in [1.29, 1.82) is 0 Å². The van der Waals surface area contributed by atoms with Crippen LogP contribution in [0.2, 0.25) is 0 Å². The van der Waals surface area contributed by atoms with Crippen molar-refractivity contribution in [1.82, 2.24) is 5.32 Å². The van der Waals surface area contributed by atoms with Crippen LogP contribution in [0, 0.1) is 0 Å². The number of aliphatic carboxylic acids is 1. The summed E-state index contributed by atoms with van der Waals surface area (Å²) in [7, 11) is 0. The van der Waals surface area contributed by atoms with E-state index in [1.807, 2.05) is 0 Å². The lowest BCUT2D eigenvalue weighted by molar-refractivity contribution is -0.151. The molecule has 200 valence electrons. The fourth-order valence-electron chi connectivity index (χ4n) is 4.09. The Bertz CT molecular complexity index is 509. The zero-order valence-corrected chi connectivity index (χ0v) is 22.2. The lowest BCUT2D eigenvalue weighted by Gasteiger charge is -2.16. The zero-order chi connectivity index (χ0) is 25.3. The number of rotatable bonds is 25. The molecule has 6 nitrogen and oxygen atoms in total. The molecule has 0 heterocycles. The van der Waals surface area contributed by atoms with E-state index in [1.54, 1.807) is 0 Å². The second-order valence-corrected chi connectivity index (χ2v) is 9.65. The van der Waals surface area contributed by atoms with Gasteiger partial charge in [0.2, 0.25) is 5.91 Å². The first-order valence-electron chi connectivity index (χ1n) is 14.2. The summed E-state index contributed by atoms with van der Waals surface area (Å²) in [6, 6.07) is -1.10. The molecule has 0 aliphatic rings. The summed E-state index contributed by atoms with van der Waals surface area (Å²) in [5.74, 6) is -2.03. The van der Waals surface area contributed by atoms with Crippen LogP contribution in [0.1, 0.15) is 149 Å². The van der Waals surface area contributed by atoms with Gasteiger partial charge >= 0.3 is 11.9 Å². The maximum atomic E-state index is 12.3. The first kappa shape index (κ1) is 32.4. The summed E-state index contributed by atoms with van der Waals surface area (Å²) in [5.41, 5.74) is 0. The predicted octanol–water partition coefficient (Wildman–Crippen LogP) is 7.33. The quantitative estimate of drug-likeness (QED) is 0.105. The molecule has 1 amide bonds. The second kappa shape index (κ2) is 24.5. The van der Waals surface area contributed by atoms with E-state index in [9.17, 15) is 14.4 Å². The van der Waals surface area contributed by atoms with Gasteiger partial charge in [0.15, 0.2) is 0 Å². The Morgan fingerprint density at radius 1 is 0.647 bits per heavy atom. The number of unbranched alkanes of at least 4 members (excludes halogenated alkanes) is 17. The average Bonchev–Trinajstić information content (AvgIpc) is 2.80. The maximum Gasteiger partial charge on any atom is 0.329 e. The van der Waals surface area contributed by atoms with Crippen LogP contribution in [0.4, 0.5) is 0 Å². The number of esters is 1. The number of carbonyl (C=O) groups is 3. The van der Waals surface area contributed by atoms with E-state index in [0.29, 0.717) is 6.42 Å². The van der Waals surface area contributed by atoms with Crippen LogP contribution in [-0.2, 0) is 19.1 Å². The lowest BCUT2D eigenvalue weighted by Crippen LogP contribution is -2.43. The topological polar surface area (TPSA) is 92.7 Å². The third-order valence-corrected chi connectivity index (χ3v) is 6.25. The van der Waals surface area contributed by atoms with E-state index in [4.69, 9.17) is 9.84 Å². The zero-order valence-electron chi connectivity index (χ0n) is 22.2. The first-order chi connectivity index (χ1) is 16.5. The number of nitrogens with one attached hydrogen (secondary N) is 1. The Balaban J connectivity index is 3.90. The molecule has 0 bridgehead atoms. The van der Waals surface area contributed by atoms with Crippen LogP contribution in [0.3, 0.4) is 0 Å². The minimum atomic E-state index is -1.12. The minimum absolute atomic E-state index is 0.273. The molecule has 6 heteroatoms. The van der Waals surface area contributed by atoms with Crippen molar-refractivity contribution in [2.45, 2.75) is 155 Å². The largest absolute Gasteiger partial charge is 0.481 e. The van der Waals surface area contributed by atoms with Gasteiger partial charge in [-0.25, -0.2) is 4.79 Å². The molecule has 0 saturated carbocycles. The van der Waals surface area contributed by atoms with Crippen LogP contribution < -0.4 is 5.32 Å². The summed E-state index contributed by atoms with van der Waals surface area (Å²) >= 11 is 0. The Kier molecular flexibility index (Phi) is 23.4. The van der Waals surface area contributed by atoms with Crippen molar-refractivity contribution in [3.8, 4) is 0 Å². The molecule has 0 unspecified atom stereocenters. The van der Waals surface area contributed by atoms with Crippen LogP contribution in [-0.4, -0.2) is 35.6 Å². The number of amides is 1. The third kappa shape index (κ3) is 22.2. The van der Waals surface area contributed by atoms with Crippen molar-refractivity contribution in [3.63, 3.8) is 0 Å². The molecular weight excluding hydrogens is 430 g/mol. The van der Waals surface area contributed by atoms with E-state index in [0.717, 1.165) is 38.5 Å². The number of carbonyl (C=O) groups excluding carboxylic acids is 2. The third-order valence-electron chi connectivity index (χ3n) is 6.25. The van der Waals surface area contributed by atoms with Gasteiger partial charge in [-0.1, -0.05) is 123 Å². The highest BCUT2D eigenvalue weighted by Crippen LogP contribution is 2.12. The lowest BCUT2D eigenvalue weighted by atomic mass is 10.1. The van der Waals surface area contributed by atoms with Crippen LogP contribution >= 0.6 is 0 Å². The number of hydrogen-bond donors (Lipinski definition) is 2. The van der Waals surface area contributed by atoms with Gasteiger partial charge in [-0.15, -0.1) is 0 Å². The van der Waals surface area contributed by atoms with Gasteiger partial charge in [-0.3, -0.25) is 9.59 Å². The molecule has 1 atom stereocenters. The molecule has 0 rings (SSSR count). The smallest absolute Gasteiger partial charge is 0.329 e. The van der Waals surface area contributed by atoms with Crippen LogP contribution in [0.15, 0.2) is 0 Å². The fourth-order valence-corrected chi connectivity index (χ4v) is 4.09. The van der Waals surface area contributed by atoms with Crippen LogP contribution in [0.5, 0.6) is 0 Å². The molecular formula is C28H53NO5. The Morgan fingerprint density at radius 3 is 1.50 bits per heavy atom. The number of carboxylic acid groups (broad SMARTS) is 1. The normalized spacial score (nSPS) is 11.8. The molecule has 34 heavy (non-hydrogen) atoms. The van der Waals surface area contributed by atoms with Gasteiger partial charge in [0.1, 0.15) is 6.04 Å². The minimum Gasteiger partial charge on any atom is -0.481 e. The molecule has 0 aliphatic heterocycles. The van der Waals surface area contributed by atoms with Crippen molar-refractivity contribution in [2.75, 3.05) is 6.61 Å². The average molecular weight is 484 g/mol. The number of carboxylic acids is 1. The monoisotopic (exact) mass is 483 g/mol. The van der Waals surface area contributed by atoms with Crippen molar-refractivity contribution in [2.24, 2.45) is 0 Å². The SMILES string of the molecule is CCCCCCCCCCCCOC(=O)[C@H](CC(=O)O)NC(=O)CCCCCCCCCCC. The summed E-state index contributed by atoms with van der Waals surface area (Å²) in [5, 5.41) is 11.7. The molecule has 0 spiro atoms. The van der Waals surface area contributed by atoms with Gasteiger partial charge < -0.3 is 15.2 Å². The maximum absolute atomic E-state index is 12.3. The predicted molar refractivity (Wildman–Crippen MR) is 139 cm³/mol. The summed E-state index contributed by atoms with van der Waals surface area (Å²) in [4.78, 5) is 35.6. The highest BCUT2D eigenvalue weighted by molar-refractivity contribution is 5.87. The molecule has 0 aromatic carbocycles. The van der Waals surface area contributed by atoms with Gasteiger partial charge in [0, 0.05) is 6.42 Å². The molecule has 2 N–H and O–H groups in total. The van der Waals surface area contributed by atoms with E-state index < -0.39 is 24.4 Å². The molecule has 0 aliphatic carbocycles. The van der Waals surface area contributed by atoms with Gasteiger partial charge in [-0.05, 0) is 12.8 Å². The number of hydrogen-bond acceptors (Lipinski definition) is 4. The van der Waals surface area contributed by atoms with E-state index >= 15 is 0 Å². The number of ether oxygens (including phenoxy) is 1. The summed E-state index contributed by atoms with van der Waals surface area (Å²) in [6.07, 6.45) is 22.2. The first-order valence-corrected chi connectivity index (χ1v) is 14.2. The second-order valence-electron chi connectivity index (χ2n) is 9.65. The molecule has 0 saturated heterocycles. The van der Waals surface area contributed by atoms with E-state index in [2.05, 4.69) is 19.2 Å². The van der Waals surface area contributed by atoms with Crippen molar-refractivity contribution < 1.29 is 24.2 Å². The highest BCUT2D eigenvalue weighted by Gasteiger charge is 2.24. The summed E-state index contributed by atoms with van der Waals surface area (Å²) < 4.78 is 5.26. The summed E-state index contributed by atoms with van der Waals surface area (Å²) in [6.45, 7) is 4.72. The van der Waals surface area contributed by atoms with Crippen LogP contribution in [0.25, 0.3) is 0 Å². The Hall–Kier alpha value is -1.59. The highest BCUT2D eigenvalue weighted by atomic mass is 16.5. The van der Waals surface area contributed by atoms with Gasteiger partial charge in [0.25, 0.3) is 0 Å². The van der Waals surface area contributed by atoms with Crippen molar-refractivity contribution in [3.05, 3.63) is 0 Å². The molecule has 0 aromatic heterocycles. The van der Waals surface area contributed by atoms with Gasteiger partial charge in [0.05, 0.1) is 13.0 Å². The molecule has 0 radical (unpaired) electrons. The van der Waals surface area contributed by atoms with E-state index in [1.165, 1.54) is 83.5 Å².